The summed E-state index contributed by atoms with van der Waals surface area (Å²) in [4.78, 5) is 11.1. The van der Waals surface area contributed by atoms with E-state index in [-0.39, 0.29) is 0 Å². The number of para-hydroxylation sites is 4. The molecule has 0 aliphatic rings. The third-order valence-corrected chi connectivity index (χ3v) is 13.6. The quantitative estimate of drug-likeness (QED) is 0.0962. The van der Waals surface area contributed by atoms with Crippen LogP contribution in [0.3, 0.4) is 0 Å². The van der Waals surface area contributed by atoms with Gasteiger partial charge in [0.25, 0.3) is 0 Å². The molecule has 0 unspecified atom stereocenters. The number of benzene rings is 8. The van der Waals surface area contributed by atoms with Gasteiger partial charge in [-0.15, -0.1) is 0 Å². The van der Waals surface area contributed by atoms with Crippen molar-refractivity contribution < 1.29 is 0 Å². The van der Waals surface area contributed by atoms with Crippen molar-refractivity contribution in [2.75, 3.05) is 0 Å². The largest absolute Gasteiger partial charge is 0.347 e. The Balaban J connectivity index is 0.832. The zero-order valence-corrected chi connectivity index (χ0v) is 39.0. The molecule has 0 amide bonds. The van der Waals surface area contributed by atoms with Crippen LogP contribution in [0.15, 0.2) is 243 Å². The number of rotatable bonds is 15. The molecule has 0 spiro atoms. The number of nitrogens with zero attached hydrogens (tertiary/aromatic N) is 6. The van der Waals surface area contributed by atoms with E-state index in [1.54, 1.807) is 0 Å². The number of fused-ring (bicyclic) bond motifs is 2. The summed E-state index contributed by atoms with van der Waals surface area (Å²) < 4.78 is 9.62. The predicted molar refractivity (Wildman–Crippen MR) is 289 cm³/mol. The molecule has 70 heavy (non-hydrogen) atoms. The molecule has 0 bridgehead atoms. The SMILES string of the molecule is c1ccc(-c2nc(-c3cn(CCCCCCn4cc(-c5nc(-c6ccccc6)c(-c6ccccc6)n5-c5ccccc5)c5ccccc54)c4ccccc34)n(-c3ccccc3)c2-c2ccccc2)cc1. The maximum atomic E-state index is 5.55. The van der Waals surface area contributed by atoms with E-state index in [0.717, 1.165) is 118 Å². The summed E-state index contributed by atoms with van der Waals surface area (Å²) in [5, 5.41) is 2.41. The van der Waals surface area contributed by atoms with Gasteiger partial charge >= 0.3 is 0 Å². The molecule has 12 aromatic rings. The van der Waals surface area contributed by atoms with Gasteiger partial charge in [-0.25, -0.2) is 9.97 Å². The van der Waals surface area contributed by atoms with Crippen molar-refractivity contribution in [2.45, 2.75) is 38.8 Å². The number of aryl methyl sites for hydroxylation is 2. The van der Waals surface area contributed by atoms with Gasteiger partial charge in [0.15, 0.2) is 0 Å². The molecular formula is C64H52N6. The molecule has 0 aliphatic heterocycles. The van der Waals surface area contributed by atoms with Crippen LogP contribution >= 0.6 is 0 Å². The van der Waals surface area contributed by atoms with Crippen molar-refractivity contribution in [2.24, 2.45) is 0 Å². The second kappa shape index (κ2) is 19.1. The van der Waals surface area contributed by atoms with Crippen molar-refractivity contribution in [3.8, 4) is 79.2 Å². The summed E-state index contributed by atoms with van der Waals surface area (Å²) in [5.41, 5.74) is 15.5. The molecule has 12 rings (SSSR count). The maximum absolute atomic E-state index is 5.55. The number of hydrogen-bond acceptors (Lipinski definition) is 2. The number of unbranched alkanes of at least 4 members (excludes halogenated alkanes) is 3. The van der Waals surface area contributed by atoms with E-state index in [2.05, 4.69) is 261 Å². The fourth-order valence-electron chi connectivity index (χ4n) is 10.3. The summed E-state index contributed by atoms with van der Waals surface area (Å²) in [6, 6.07) is 81.6. The normalized spacial score (nSPS) is 11.5. The summed E-state index contributed by atoms with van der Waals surface area (Å²) in [6.07, 6.45) is 9.09. The summed E-state index contributed by atoms with van der Waals surface area (Å²) in [6.45, 7) is 1.85. The first kappa shape index (κ1) is 42.6. The van der Waals surface area contributed by atoms with Crippen LogP contribution < -0.4 is 0 Å². The van der Waals surface area contributed by atoms with Crippen LogP contribution in [-0.4, -0.2) is 28.2 Å². The Hall–Kier alpha value is -8.74. The highest BCUT2D eigenvalue weighted by atomic mass is 15.1. The van der Waals surface area contributed by atoms with E-state index in [1.807, 2.05) is 0 Å². The lowest BCUT2D eigenvalue weighted by Crippen LogP contribution is -2.00. The molecule has 0 atom stereocenters. The molecule has 0 radical (unpaired) electrons. The minimum atomic E-state index is 0.926. The maximum Gasteiger partial charge on any atom is 0.147 e. The van der Waals surface area contributed by atoms with Crippen LogP contribution in [0.1, 0.15) is 25.7 Å². The Morgan fingerprint density at radius 2 is 0.614 bits per heavy atom. The Morgan fingerprint density at radius 3 is 0.986 bits per heavy atom. The van der Waals surface area contributed by atoms with E-state index in [9.17, 15) is 0 Å². The van der Waals surface area contributed by atoms with E-state index >= 15 is 0 Å². The first-order valence-corrected chi connectivity index (χ1v) is 24.5. The average molecular weight is 905 g/mol. The molecule has 0 saturated carbocycles. The van der Waals surface area contributed by atoms with Crippen LogP contribution in [-0.2, 0) is 13.1 Å². The van der Waals surface area contributed by atoms with Crippen molar-refractivity contribution >= 4 is 21.8 Å². The first-order chi connectivity index (χ1) is 34.8. The molecule has 6 heteroatoms. The molecule has 0 N–H and O–H groups in total. The van der Waals surface area contributed by atoms with Gasteiger partial charge in [-0.3, -0.25) is 9.13 Å². The van der Waals surface area contributed by atoms with Crippen molar-refractivity contribution in [3.63, 3.8) is 0 Å². The summed E-state index contributed by atoms with van der Waals surface area (Å²) in [7, 11) is 0. The highest BCUT2D eigenvalue weighted by Crippen LogP contribution is 2.43. The lowest BCUT2D eigenvalue weighted by molar-refractivity contribution is 0.550. The van der Waals surface area contributed by atoms with Gasteiger partial charge in [-0.05, 0) is 49.2 Å². The monoisotopic (exact) mass is 904 g/mol. The Morgan fingerprint density at radius 1 is 0.300 bits per heavy atom. The van der Waals surface area contributed by atoms with E-state index in [0.29, 0.717) is 0 Å². The zero-order chi connectivity index (χ0) is 46.6. The fraction of sp³-hybridized carbons (Fsp3) is 0.0938. The van der Waals surface area contributed by atoms with E-state index < -0.39 is 0 Å². The number of aromatic nitrogens is 6. The molecule has 338 valence electrons. The predicted octanol–water partition coefficient (Wildman–Crippen LogP) is 16.2. The second-order valence-electron chi connectivity index (χ2n) is 18.0. The van der Waals surface area contributed by atoms with Crippen LogP contribution in [0, 0.1) is 0 Å². The third kappa shape index (κ3) is 8.03. The standard InChI is InChI=1S/C64H52N6/c1(25-43-67-45-55(53-39-21-23-41-57(53)67)63-65-59(47-27-9-3-10-28-47)61(49-31-13-5-14-32-49)69(63)51-35-17-7-18-36-51)2-26-44-68-46-56(54-40-22-24-42-58(54)68)64-66-60(48-29-11-4-12-30-48)62(50-33-15-6-16-34-50)70(64)52-37-19-8-20-38-52/h3-24,27-42,45-46H,1-2,25-26,43-44H2. The second-order valence-corrected chi connectivity index (χ2v) is 18.0. The topological polar surface area (TPSA) is 45.5 Å². The van der Waals surface area contributed by atoms with Gasteiger partial charge in [0.2, 0.25) is 0 Å². The Labute approximate surface area is 409 Å². The van der Waals surface area contributed by atoms with Crippen LogP contribution in [0.5, 0.6) is 0 Å². The van der Waals surface area contributed by atoms with Crippen molar-refractivity contribution in [3.05, 3.63) is 243 Å². The van der Waals surface area contributed by atoms with Crippen LogP contribution in [0.2, 0.25) is 0 Å². The molecule has 4 aromatic heterocycles. The minimum Gasteiger partial charge on any atom is -0.347 e. The van der Waals surface area contributed by atoms with Crippen LogP contribution in [0.4, 0.5) is 0 Å². The zero-order valence-electron chi connectivity index (χ0n) is 39.0. The molecule has 4 heterocycles. The van der Waals surface area contributed by atoms with E-state index in [1.165, 1.54) is 21.8 Å². The van der Waals surface area contributed by atoms with Crippen LogP contribution in [0.25, 0.3) is 101 Å². The fourth-order valence-corrected chi connectivity index (χ4v) is 10.3. The average Bonchev–Trinajstić information content (AvgIpc) is 4.22. The first-order valence-electron chi connectivity index (χ1n) is 24.5. The number of hydrogen-bond donors (Lipinski definition) is 0. The lowest BCUT2D eigenvalue weighted by atomic mass is 10.0. The Bertz CT molecular complexity index is 3430. The van der Waals surface area contributed by atoms with Gasteiger partial charge in [-0.1, -0.05) is 207 Å². The van der Waals surface area contributed by atoms with Gasteiger partial charge in [0.05, 0.1) is 22.8 Å². The van der Waals surface area contributed by atoms with Gasteiger partial charge in [0.1, 0.15) is 11.6 Å². The number of imidazole rings is 2. The highest BCUT2D eigenvalue weighted by Gasteiger charge is 2.26. The summed E-state index contributed by atoms with van der Waals surface area (Å²) in [5.74, 6) is 1.88. The summed E-state index contributed by atoms with van der Waals surface area (Å²) >= 11 is 0. The van der Waals surface area contributed by atoms with E-state index in [4.69, 9.17) is 9.97 Å². The van der Waals surface area contributed by atoms with Crippen molar-refractivity contribution in [1.82, 2.24) is 28.2 Å². The molecular weight excluding hydrogens is 853 g/mol. The third-order valence-electron chi connectivity index (χ3n) is 13.6. The smallest absolute Gasteiger partial charge is 0.147 e. The van der Waals surface area contributed by atoms with Gasteiger partial charge < -0.3 is 9.13 Å². The lowest BCUT2D eigenvalue weighted by Gasteiger charge is -2.13. The molecule has 8 aromatic carbocycles. The highest BCUT2D eigenvalue weighted by molar-refractivity contribution is 5.98. The molecule has 0 fully saturated rings. The van der Waals surface area contributed by atoms with Crippen molar-refractivity contribution in [1.29, 1.82) is 0 Å². The molecule has 6 nitrogen and oxygen atoms in total. The molecule has 0 saturated heterocycles. The van der Waals surface area contributed by atoms with Gasteiger partial charge in [0, 0.05) is 92.0 Å². The van der Waals surface area contributed by atoms with Gasteiger partial charge in [-0.2, -0.15) is 0 Å². The molecule has 0 aliphatic carbocycles. The minimum absolute atomic E-state index is 0.926. The Kier molecular flexibility index (Phi) is 11.6.